The lowest BCUT2D eigenvalue weighted by Crippen LogP contribution is -2.11. The topological polar surface area (TPSA) is 22.8 Å². The normalized spacial score (nSPS) is 12.0. The fourth-order valence-electron chi connectivity index (χ4n) is 4.82. The average molecular weight is 408 g/mol. The molecule has 0 aliphatic rings. The molecule has 3 nitrogen and oxygen atoms in total. The Hall–Kier alpha value is -3.33. The van der Waals surface area contributed by atoms with Crippen LogP contribution in [0.3, 0.4) is 0 Å². The van der Waals surface area contributed by atoms with Gasteiger partial charge in [0.05, 0.1) is 16.7 Å². The number of hydrogen-bond acceptors (Lipinski definition) is 1. The van der Waals surface area contributed by atoms with E-state index in [4.69, 9.17) is 4.98 Å². The van der Waals surface area contributed by atoms with E-state index in [0.29, 0.717) is 11.8 Å². The minimum Gasteiger partial charge on any atom is -0.285 e. The minimum absolute atomic E-state index is 0.420. The van der Waals surface area contributed by atoms with Crippen molar-refractivity contribution in [1.82, 2.24) is 14.1 Å². The third-order valence-corrected chi connectivity index (χ3v) is 6.30. The quantitative estimate of drug-likeness (QED) is 0.302. The molecule has 0 spiro atoms. The highest BCUT2D eigenvalue weighted by Crippen LogP contribution is 2.36. The number of hydrogen-bond donors (Lipinski definition) is 0. The van der Waals surface area contributed by atoms with Crippen molar-refractivity contribution in [1.29, 1.82) is 0 Å². The van der Waals surface area contributed by atoms with E-state index in [1.165, 1.54) is 44.2 Å². The molecule has 0 aliphatic carbocycles. The van der Waals surface area contributed by atoms with Gasteiger partial charge in [-0.15, -0.1) is 0 Å². The van der Waals surface area contributed by atoms with E-state index in [-0.39, 0.29) is 0 Å². The fraction of sp³-hybridized carbons (Fsp3) is 0.250. The molecule has 5 aromatic rings. The summed E-state index contributed by atoms with van der Waals surface area (Å²) in [5.74, 6) is 1.78. The Morgan fingerprint density at radius 2 is 1.39 bits per heavy atom. The van der Waals surface area contributed by atoms with E-state index in [0.717, 1.165) is 5.95 Å². The second-order valence-corrected chi connectivity index (χ2v) is 9.02. The first-order valence-corrected chi connectivity index (χ1v) is 11.1. The highest BCUT2D eigenvalue weighted by Gasteiger charge is 2.21. The summed E-state index contributed by atoms with van der Waals surface area (Å²) in [5, 5.41) is 2.53. The zero-order valence-corrected chi connectivity index (χ0v) is 18.9. The molecule has 0 saturated carbocycles. The van der Waals surface area contributed by atoms with Gasteiger partial charge in [0.15, 0.2) is 0 Å². The second kappa shape index (κ2) is 7.42. The molecule has 0 atom stereocenters. The van der Waals surface area contributed by atoms with Gasteiger partial charge in [0.25, 0.3) is 0 Å². The van der Waals surface area contributed by atoms with Crippen molar-refractivity contribution in [3.63, 3.8) is 0 Å². The molecule has 3 aromatic carbocycles. The van der Waals surface area contributed by atoms with Crippen LogP contribution in [0.25, 0.3) is 33.4 Å². The molecule has 0 unspecified atom stereocenters. The number of fused-ring (bicyclic) bond motifs is 3. The van der Waals surface area contributed by atoms with Crippen LogP contribution in [-0.2, 0) is 0 Å². The zero-order valence-electron chi connectivity index (χ0n) is 18.9. The predicted molar refractivity (Wildman–Crippen MR) is 131 cm³/mol. The van der Waals surface area contributed by atoms with Gasteiger partial charge in [-0.05, 0) is 41.5 Å². The van der Waals surface area contributed by atoms with E-state index in [1.807, 2.05) is 6.20 Å². The number of rotatable bonds is 4. The molecule has 5 rings (SSSR count). The Labute approximate surface area is 184 Å². The fourth-order valence-corrected chi connectivity index (χ4v) is 4.82. The third-order valence-electron chi connectivity index (χ3n) is 6.30. The first-order valence-electron chi connectivity index (χ1n) is 11.1. The largest absolute Gasteiger partial charge is 0.285 e. The van der Waals surface area contributed by atoms with Crippen molar-refractivity contribution >= 4 is 21.8 Å². The van der Waals surface area contributed by atoms with Crippen LogP contribution in [0.1, 0.15) is 56.2 Å². The number of para-hydroxylation sites is 3. The van der Waals surface area contributed by atoms with Crippen LogP contribution in [0, 0.1) is 6.92 Å². The molecule has 0 aliphatic heterocycles. The summed E-state index contributed by atoms with van der Waals surface area (Å²) in [6, 6.07) is 21.9. The van der Waals surface area contributed by atoms with E-state index >= 15 is 0 Å². The number of benzene rings is 3. The monoisotopic (exact) mass is 407 g/mol. The molecule has 2 heterocycles. The Balaban J connectivity index is 1.90. The van der Waals surface area contributed by atoms with E-state index < -0.39 is 0 Å². The average Bonchev–Trinajstić information content (AvgIpc) is 3.36. The first kappa shape index (κ1) is 19.6. The zero-order chi connectivity index (χ0) is 21.7. The van der Waals surface area contributed by atoms with Gasteiger partial charge in [0.2, 0.25) is 5.95 Å². The van der Waals surface area contributed by atoms with Gasteiger partial charge in [-0.1, -0.05) is 82.3 Å². The molecule has 3 heteroatoms. The Bertz CT molecular complexity index is 1370. The summed E-state index contributed by atoms with van der Waals surface area (Å²) in [6.45, 7) is 11.3. The van der Waals surface area contributed by atoms with Crippen molar-refractivity contribution in [2.24, 2.45) is 0 Å². The van der Waals surface area contributed by atoms with Crippen molar-refractivity contribution in [3.8, 4) is 11.6 Å². The molecular weight excluding hydrogens is 378 g/mol. The lowest BCUT2D eigenvalue weighted by Gasteiger charge is -2.22. The van der Waals surface area contributed by atoms with Gasteiger partial charge in [-0.3, -0.25) is 9.13 Å². The molecule has 0 fully saturated rings. The summed E-state index contributed by atoms with van der Waals surface area (Å²) in [4.78, 5) is 4.90. The maximum absolute atomic E-state index is 4.90. The van der Waals surface area contributed by atoms with Crippen LogP contribution in [0.15, 0.2) is 73.1 Å². The molecule has 0 N–H and O–H groups in total. The Morgan fingerprint density at radius 3 is 2.10 bits per heavy atom. The highest BCUT2D eigenvalue weighted by atomic mass is 15.2. The molecule has 0 saturated heterocycles. The van der Waals surface area contributed by atoms with Gasteiger partial charge in [0, 0.05) is 23.2 Å². The maximum Gasteiger partial charge on any atom is 0.219 e. The van der Waals surface area contributed by atoms with E-state index in [2.05, 4.69) is 111 Å². The smallest absolute Gasteiger partial charge is 0.219 e. The molecule has 0 amide bonds. The SMILES string of the molecule is Cc1cccc2c3ccccc3n(-c3nccn3-c3c(C(C)C)cccc3C(C)C)c12. The molecule has 156 valence electrons. The Kier molecular flexibility index (Phi) is 4.70. The Morgan fingerprint density at radius 1 is 0.742 bits per heavy atom. The molecule has 2 aromatic heterocycles. The van der Waals surface area contributed by atoms with Gasteiger partial charge in [-0.25, -0.2) is 4.98 Å². The molecule has 31 heavy (non-hydrogen) atoms. The van der Waals surface area contributed by atoms with Gasteiger partial charge >= 0.3 is 0 Å². The van der Waals surface area contributed by atoms with E-state index in [1.54, 1.807) is 0 Å². The highest BCUT2D eigenvalue weighted by molar-refractivity contribution is 6.10. The van der Waals surface area contributed by atoms with Crippen LogP contribution in [0.4, 0.5) is 0 Å². The van der Waals surface area contributed by atoms with Crippen LogP contribution in [-0.4, -0.2) is 14.1 Å². The van der Waals surface area contributed by atoms with Crippen LogP contribution in [0.5, 0.6) is 0 Å². The lowest BCUT2D eigenvalue weighted by atomic mass is 9.92. The summed E-state index contributed by atoms with van der Waals surface area (Å²) < 4.78 is 4.63. The van der Waals surface area contributed by atoms with Crippen LogP contribution >= 0.6 is 0 Å². The van der Waals surface area contributed by atoms with Gasteiger partial charge < -0.3 is 0 Å². The van der Waals surface area contributed by atoms with E-state index in [9.17, 15) is 0 Å². The predicted octanol–water partition coefficient (Wildman–Crippen LogP) is 7.52. The van der Waals surface area contributed by atoms with Gasteiger partial charge in [0.1, 0.15) is 0 Å². The number of aromatic nitrogens is 3. The van der Waals surface area contributed by atoms with Crippen molar-refractivity contribution in [2.75, 3.05) is 0 Å². The number of nitrogens with zero attached hydrogens (tertiary/aromatic N) is 3. The van der Waals surface area contributed by atoms with Crippen molar-refractivity contribution < 1.29 is 0 Å². The van der Waals surface area contributed by atoms with Crippen molar-refractivity contribution in [2.45, 2.75) is 46.5 Å². The maximum atomic E-state index is 4.90. The van der Waals surface area contributed by atoms with Crippen molar-refractivity contribution in [3.05, 3.63) is 89.7 Å². The second-order valence-electron chi connectivity index (χ2n) is 9.02. The lowest BCUT2D eigenvalue weighted by molar-refractivity contribution is 0.796. The summed E-state index contributed by atoms with van der Waals surface area (Å²) in [6.07, 6.45) is 4.04. The summed E-state index contributed by atoms with van der Waals surface area (Å²) >= 11 is 0. The van der Waals surface area contributed by atoms with Crippen LogP contribution < -0.4 is 0 Å². The minimum atomic E-state index is 0.420. The molecular formula is C28H29N3. The first-order chi connectivity index (χ1) is 15.0. The molecule has 0 radical (unpaired) electrons. The third kappa shape index (κ3) is 2.99. The number of aryl methyl sites for hydroxylation is 1. The standard InChI is InChI=1S/C28H29N3/c1-18(2)21-12-9-13-22(19(3)4)27(21)30-17-16-29-28(30)31-25-15-7-6-11-23(25)24-14-8-10-20(5)26(24)31/h6-19H,1-5H3. The summed E-state index contributed by atoms with van der Waals surface area (Å²) in [5.41, 5.74) is 7.63. The van der Waals surface area contributed by atoms with Gasteiger partial charge in [-0.2, -0.15) is 0 Å². The number of imidazole rings is 1. The van der Waals surface area contributed by atoms with Crippen LogP contribution in [0.2, 0.25) is 0 Å². The molecule has 0 bridgehead atoms. The summed E-state index contributed by atoms with van der Waals surface area (Å²) in [7, 11) is 0.